The van der Waals surface area contributed by atoms with Crippen molar-refractivity contribution in [1.82, 2.24) is 10.3 Å². The Kier molecular flexibility index (Phi) is 12.3. The molecule has 1 fully saturated rings. The van der Waals surface area contributed by atoms with Gasteiger partial charge >= 0.3 is 0 Å². The van der Waals surface area contributed by atoms with Crippen LogP contribution in [-0.2, 0) is 36.8 Å². The molecule has 340 valence electrons. The Morgan fingerprint density at radius 1 is 1.00 bits per heavy atom. The van der Waals surface area contributed by atoms with Crippen LogP contribution in [0.2, 0.25) is 0 Å². The van der Waals surface area contributed by atoms with Crippen LogP contribution in [0.1, 0.15) is 66.4 Å². The molecule has 3 aromatic carbocycles. The minimum Gasteiger partial charge on any atom is -0.499 e. The number of ketones is 2. The van der Waals surface area contributed by atoms with E-state index in [1.54, 1.807) is 42.5 Å². The number of amidine groups is 1. The maximum absolute atomic E-state index is 14.8. The number of aldehydes is 1. The summed E-state index contributed by atoms with van der Waals surface area (Å²) in [6.45, 7) is -1.29. The van der Waals surface area contributed by atoms with Crippen LogP contribution < -0.4 is 25.4 Å². The van der Waals surface area contributed by atoms with Crippen LogP contribution >= 0.6 is 0 Å². The number of carbonyl (C=O) groups is 4. The molecule has 1 amide bonds. The van der Waals surface area contributed by atoms with Gasteiger partial charge in [-0.05, 0) is 60.0 Å². The number of allylic oxidation sites excluding steroid dienone is 1. The lowest BCUT2D eigenvalue weighted by Crippen LogP contribution is -3.09. The van der Waals surface area contributed by atoms with Gasteiger partial charge in [-0.25, -0.2) is 14.9 Å². The van der Waals surface area contributed by atoms with Gasteiger partial charge in [0, 0.05) is 46.4 Å². The van der Waals surface area contributed by atoms with Crippen molar-refractivity contribution in [2.24, 2.45) is 9.98 Å². The molecular formula is C46H44N7O13+. The summed E-state index contributed by atoms with van der Waals surface area (Å²) in [5, 5.41) is 54.5. The molecule has 4 aliphatic heterocycles. The normalized spacial score (nSPS) is 25.2. The fraction of sp³-hybridized carbons (Fsp3) is 0.304. The van der Waals surface area contributed by atoms with Gasteiger partial charge in [0.05, 0.1) is 31.1 Å². The topological polar surface area (TPSA) is 299 Å². The summed E-state index contributed by atoms with van der Waals surface area (Å²) in [6.07, 6.45) is -3.78. The number of ether oxygens (including phenoxy) is 5. The highest BCUT2D eigenvalue weighted by atomic mass is 16.7. The third-order valence-corrected chi connectivity index (χ3v) is 11.9. The number of nitrogens with zero attached hydrogens (tertiary/aromatic N) is 3. The molecule has 2 bridgehead atoms. The number of guanidine groups is 1. The number of aliphatic imine (C=N–C) groups is 2. The van der Waals surface area contributed by atoms with Crippen LogP contribution in [0, 0.1) is 5.41 Å². The number of nitrogens with one attached hydrogen (secondary N) is 3. The highest BCUT2D eigenvalue weighted by Crippen LogP contribution is 2.48. The van der Waals surface area contributed by atoms with Gasteiger partial charge in [-0.2, -0.15) is 4.99 Å². The Morgan fingerprint density at radius 3 is 2.64 bits per heavy atom. The number of pyridine rings is 1. The Morgan fingerprint density at radius 2 is 1.83 bits per heavy atom. The zero-order chi connectivity index (χ0) is 46.2. The first-order chi connectivity index (χ1) is 31.9. The number of carbonyl (C=O) groups excluding carboxylic acids is 4. The van der Waals surface area contributed by atoms with Crippen molar-refractivity contribution < 1.29 is 68.2 Å². The summed E-state index contributed by atoms with van der Waals surface area (Å²) >= 11 is 0. The van der Waals surface area contributed by atoms with E-state index < -0.39 is 73.4 Å². The van der Waals surface area contributed by atoms with E-state index in [4.69, 9.17) is 34.8 Å². The number of hydrogen-bond acceptors (Lipinski definition) is 17. The number of fused-ring (bicyclic) bond motifs is 6. The number of nitrogens with two attached hydrogens (primary N) is 1. The van der Waals surface area contributed by atoms with Crippen LogP contribution in [0.15, 0.2) is 89.2 Å². The summed E-state index contributed by atoms with van der Waals surface area (Å²) in [7, 11) is 0. The second kappa shape index (κ2) is 18.4. The third-order valence-electron chi connectivity index (χ3n) is 11.9. The minimum absolute atomic E-state index is 0.0212. The lowest BCUT2D eigenvalue weighted by molar-refractivity contribution is -0.723. The van der Waals surface area contributed by atoms with Crippen LogP contribution in [0.4, 0.5) is 11.5 Å². The predicted molar refractivity (Wildman–Crippen MR) is 231 cm³/mol. The first kappa shape index (κ1) is 44.2. The number of benzene rings is 3. The zero-order valence-corrected chi connectivity index (χ0v) is 35.0. The fourth-order valence-electron chi connectivity index (χ4n) is 8.64. The Bertz CT molecular complexity index is 2740. The number of para-hydroxylation sites is 1. The van der Waals surface area contributed by atoms with E-state index in [9.17, 15) is 39.6 Å². The van der Waals surface area contributed by atoms with E-state index in [2.05, 4.69) is 20.3 Å². The van der Waals surface area contributed by atoms with Gasteiger partial charge in [0.25, 0.3) is 11.7 Å². The highest BCUT2D eigenvalue weighted by Gasteiger charge is 2.49. The zero-order valence-electron chi connectivity index (χ0n) is 35.0. The number of anilines is 1. The highest BCUT2D eigenvalue weighted by molar-refractivity contribution is 6.68. The molecule has 0 saturated carbocycles. The molecule has 0 spiro atoms. The third kappa shape index (κ3) is 8.26. The Balaban J connectivity index is 1.25. The molecule has 5 heterocycles. The van der Waals surface area contributed by atoms with Gasteiger partial charge < -0.3 is 54.6 Å². The number of nitrogen functional groups attached to an aromatic ring is 1. The van der Waals surface area contributed by atoms with Crippen LogP contribution in [-0.4, -0.2) is 130 Å². The fourth-order valence-corrected chi connectivity index (χ4v) is 8.64. The van der Waals surface area contributed by atoms with Crippen LogP contribution in [0.25, 0.3) is 0 Å². The molecule has 1 unspecified atom stereocenters. The number of rotatable bonds is 12. The molecule has 5 aliphatic rings. The van der Waals surface area contributed by atoms with E-state index in [1.165, 1.54) is 36.7 Å². The summed E-state index contributed by atoms with van der Waals surface area (Å²) in [5.41, 5.74) is 7.95. The van der Waals surface area contributed by atoms with E-state index in [1.807, 2.05) is 0 Å². The molecule has 8 atom stereocenters. The molecule has 1 aromatic heterocycles. The maximum Gasteiger partial charge on any atom is 0.284 e. The van der Waals surface area contributed by atoms with Crippen molar-refractivity contribution in [2.75, 3.05) is 32.2 Å². The van der Waals surface area contributed by atoms with Crippen molar-refractivity contribution in [3.05, 3.63) is 124 Å². The summed E-state index contributed by atoms with van der Waals surface area (Å²) < 4.78 is 31.8. The number of amides is 1. The standard InChI is InChI=1S/C46H43N7O13/c47-33-16-22(7-11-49-33)9-14-63-42-39(60)38(59)32-20-62-13-10-25(26-3-1-2-4-31(26)53-21-50-35-43(53)51-46(48)52-44(35)61)29-17-30-34(37(58)28-15-23(18-55)5-6-27(28)36(30)57)41(40(29)66-45(42)65-32)64-19-24(56)8-12-54/h1-7,10-13,15-17,24-25,32,38-39,42,45,55-56,59-60H,8-9,14,18-21H2,(H2,47,49)(H2,48,52,61)/p+1/b13-10-/t24-,25+,32+,38+,39-,42+,45-/m1/s1. The molecule has 4 aromatic rings. The van der Waals surface area contributed by atoms with Crippen LogP contribution in [0.5, 0.6) is 11.5 Å². The van der Waals surface area contributed by atoms with Gasteiger partial charge in [-0.1, -0.05) is 24.3 Å². The number of aliphatic hydroxyl groups excluding tert-OH is 4. The quantitative estimate of drug-likeness (QED) is 0.0751. The molecule has 9 N–H and O–H groups in total. The smallest absolute Gasteiger partial charge is 0.284 e. The van der Waals surface area contributed by atoms with Crippen LogP contribution in [0.3, 0.4) is 0 Å². The molecule has 1 aliphatic carbocycles. The molecule has 20 nitrogen and oxygen atoms in total. The lowest BCUT2D eigenvalue weighted by atomic mass is 9.79. The first-order valence-electron chi connectivity index (χ1n) is 21.0. The van der Waals surface area contributed by atoms with Crippen molar-refractivity contribution in [1.29, 1.82) is 5.41 Å². The van der Waals surface area contributed by atoms with Crippen molar-refractivity contribution in [2.45, 2.75) is 62.2 Å². The lowest BCUT2D eigenvalue weighted by Gasteiger charge is -2.42. The number of aromatic nitrogens is 1. The summed E-state index contributed by atoms with van der Waals surface area (Å²) in [6, 6.07) is 16.3. The van der Waals surface area contributed by atoms with Crippen molar-refractivity contribution >= 4 is 52.8 Å². The number of hydrogen-bond donors (Lipinski definition) is 8. The van der Waals surface area contributed by atoms with Crippen molar-refractivity contribution in [3.63, 3.8) is 0 Å². The van der Waals surface area contributed by atoms with Crippen molar-refractivity contribution in [3.8, 4) is 11.5 Å². The molecule has 20 heteroatoms. The minimum atomic E-state index is -1.63. The molecule has 66 heavy (non-hydrogen) atoms. The van der Waals surface area contributed by atoms with E-state index in [-0.39, 0.29) is 88.9 Å². The molecule has 9 rings (SSSR count). The van der Waals surface area contributed by atoms with Gasteiger partial charge in [-0.15, -0.1) is 0 Å². The SMILES string of the molecule is N=C1N=C2C(=NC[NH+]2c2ccccc2[C@@H]2/C=C\OC[C@@H]3O[C@H](Oc4c2cc2c(c4OC[C@H](O)CC=O)C(=O)c4cc(CO)ccc4C2=O)[C@@H](OCCc2ccnc(N)c2)[C@H](O)[C@H]3O)C(=O)N1. The molecule has 0 radical (unpaired) electrons. The monoisotopic (exact) mass is 902 g/mol. The second-order valence-corrected chi connectivity index (χ2v) is 16.1. The van der Waals surface area contributed by atoms with E-state index in [0.717, 1.165) is 5.56 Å². The number of aliphatic hydroxyl groups is 4. The largest absolute Gasteiger partial charge is 0.499 e. The first-order valence-corrected chi connectivity index (χ1v) is 21.0. The van der Waals surface area contributed by atoms with Gasteiger partial charge in [0.15, 0.2) is 29.7 Å². The second-order valence-electron chi connectivity index (χ2n) is 16.1. The Hall–Kier alpha value is -7.04. The van der Waals surface area contributed by atoms with E-state index in [0.29, 0.717) is 34.4 Å². The predicted octanol–water partition coefficient (Wildman–Crippen LogP) is -0.219. The summed E-state index contributed by atoms with van der Waals surface area (Å²) in [4.78, 5) is 67.3. The van der Waals surface area contributed by atoms with Gasteiger partial charge in [0.1, 0.15) is 55.4 Å². The van der Waals surface area contributed by atoms with Gasteiger partial charge in [-0.3, -0.25) is 25.1 Å². The average Bonchev–Trinajstić information content (AvgIpc) is 3.73. The maximum atomic E-state index is 14.8. The average molecular weight is 903 g/mol. The summed E-state index contributed by atoms with van der Waals surface area (Å²) in [5.74, 6) is -3.25. The number of quaternary nitrogens is 1. The van der Waals surface area contributed by atoms with E-state index >= 15 is 0 Å². The molecule has 1 saturated heterocycles. The Labute approximate surface area is 375 Å². The molecular weight excluding hydrogens is 859 g/mol. The van der Waals surface area contributed by atoms with Gasteiger partial charge in [0.2, 0.25) is 18.0 Å².